The van der Waals surface area contributed by atoms with Crippen LogP contribution < -0.4 is 5.32 Å². The number of nitrogens with one attached hydrogen (secondary N) is 1. The first kappa shape index (κ1) is 21.4. The number of phenols is 1. The molecule has 2 aromatic rings. The van der Waals surface area contributed by atoms with Gasteiger partial charge in [-0.15, -0.1) is 0 Å². The average molecular weight is 424 g/mol. The van der Waals surface area contributed by atoms with Crippen LogP contribution in [0.2, 0.25) is 0 Å². The molecule has 7 nitrogen and oxygen atoms in total. The van der Waals surface area contributed by atoms with Gasteiger partial charge in [0.15, 0.2) is 11.6 Å². The molecule has 1 aliphatic heterocycles. The summed E-state index contributed by atoms with van der Waals surface area (Å²) in [6.45, 7) is 0.528. The highest BCUT2D eigenvalue weighted by molar-refractivity contribution is 5.94. The van der Waals surface area contributed by atoms with E-state index in [0.29, 0.717) is 5.56 Å². The Hall–Kier alpha value is -3.27. The Bertz CT molecular complexity index is 923. The molecule has 0 unspecified atom stereocenters. The van der Waals surface area contributed by atoms with E-state index in [2.05, 4.69) is 5.32 Å². The largest absolute Gasteiger partial charge is 0.505 e. The summed E-state index contributed by atoms with van der Waals surface area (Å²) in [4.78, 5) is 25.7. The minimum absolute atomic E-state index is 0.0242. The summed E-state index contributed by atoms with van der Waals surface area (Å²) < 4.78 is 50.8. The molecule has 1 saturated heterocycles. The minimum Gasteiger partial charge on any atom is -0.505 e. The van der Waals surface area contributed by atoms with Crippen LogP contribution in [0.4, 0.5) is 18.0 Å². The molecular formula is C20H19F3N2O5. The molecule has 1 fully saturated rings. The first-order valence-electron chi connectivity index (χ1n) is 9.08. The van der Waals surface area contributed by atoms with Crippen LogP contribution in [0.3, 0.4) is 0 Å². The van der Waals surface area contributed by atoms with Gasteiger partial charge in [-0.25, -0.2) is 13.6 Å². The number of aromatic hydroxyl groups is 1. The molecule has 1 atom stereocenters. The van der Waals surface area contributed by atoms with Gasteiger partial charge in [-0.05, 0) is 29.8 Å². The van der Waals surface area contributed by atoms with Crippen molar-refractivity contribution in [1.29, 1.82) is 0 Å². The summed E-state index contributed by atoms with van der Waals surface area (Å²) >= 11 is 0. The van der Waals surface area contributed by atoms with Crippen molar-refractivity contribution >= 4 is 12.0 Å². The van der Waals surface area contributed by atoms with Gasteiger partial charge in [0, 0.05) is 13.1 Å². The molecule has 160 valence electrons. The average Bonchev–Trinajstić information content (AvgIpc) is 2.75. The molecule has 0 bridgehead atoms. The van der Waals surface area contributed by atoms with Gasteiger partial charge < -0.3 is 24.8 Å². The SMILES string of the molecule is O=C(NC[C@@H]1CN(C(=O)OCc2ccc(F)cc2)CCO1)c1ccc(O)c(F)c1F. The number of benzene rings is 2. The summed E-state index contributed by atoms with van der Waals surface area (Å²) in [5.41, 5.74) is 0.0710. The van der Waals surface area contributed by atoms with E-state index in [-0.39, 0.29) is 32.8 Å². The maximum absolute atomic E-state index is 13.8. The Balaban J connectivity index is 1.49. The number of carbonyl (C=O) groups excluding carboxylic acids is 2. The summed E-state index contributed by atoms with van der Waals surface area (Å²) in [6.07, 6.45) is -1.17. The quantitative estimate of drug-likeness (QED) is 0.771. The fourth-order valence-electron chi connectivity index (χ4n) is 2.84. The summed E-state index contributed by atoms with van der Waals surface area (Å²) in [7, 11) is 0. The Morgan fingerprint density at radius 3 is 2.60 bits per heavy atom. The Labute approximate surface area is 170 Å². The third-order valence-electron chi connectivity index (χ3n) is 4.47. The van der Waals surface area contributed by atoms with Crippen LogP contribution in [0.15, 0.2) is 36.4 Å². The summed E-state index contributed by atoms with van der Waals surface area (Å²) in [5, 5.41) is 11.5. The fourth-order valence-corrected chi connectivity index (χ4v) is 2.84. The molecule has 0 saturated carbocycles. The smallest absolute Gasteiger partial charge is 0.410 e. The van der Waals surface area contributed by atoms with E-state index in [1.807, 2.05) is 0 Å². The molecule has 2 amide bonds. The highest BCUT2D eigenvalue weighted by Crippen LogP contribution is 2.21. The van der Waals surface area contributed by atoms with Crippen molar-refractivity contribution in [3.63, 3.8) is 0 Å². The Morgan fingerprint density at radius 1 is 1.13 bits per heavy atom. The van der Waals surface area contributed by atoms with Crippen molar-refractivity contribution in [2.75, 3.05) is 26.2 Å². The first-order valence-corrected chi connectivity index (χ1v) is 9.08. The lowest BCUT2D eigenvalue weighted by atomic mass is 10.1. The second-order valence-corrected chi connectivity index (χ2v) is 6.59. The van der Waals surface area contributed by atoms with Gasteiger partial charge in [0.05, 0.1) is 24.8 Å². The molecule has 1 heterocycles. The van der Waals surface area contributed by atoms with Crippen molar-refractivity contribution in [3.8, 4) is 5.75 Å². The van der Waals surface area contributed by atoms with Crippen LogP contribution in [0.5, 0.6) is 5.75 Å². The van der Waals surface area contributed by atoms with E-state index >= 15 is 0 Å². The van der Waals surface area contributed by atoms with E-state index in [1.165, 1.54) is 29.2 Å². The number of ether oxygens (including phenoxy) is 2. The van der Waals surface area contributed by atoms with Gasteiger partial charge >= 0.3 is 6.09 Å². The minimum atomic E-state index is -1.51. The second kappa shape index (κ2) is 9.49. The molecule has 30 heavy (non-hydrogen) atoms. The number of halogens is 3. The van der Waals surface area contributed by atoms with Crippen molar-refractivity contribution in [2.24, 2.45) is 0 Å². The number of amides is 2. The fraction of sp³-hybridized carbons (Fsp3) is 0.300. The van der Waals surface area contributed by atoms with Gasteiger partial charge in [-0.1, -0.05) is 12.1 Å². The Morgan fingerprint density at radius 2 is 1.87 bits per heavy atom. The normalized spacial score (nSPS) is 16.2. The lowest BCUT2D eigenvalue weighted by Gasteiger charge is -2.32. The van der Waals surface area contributed by atoms with E-state index < -0.39 is 46.9 Å². The zero-order valence-corrected chi connectivity index (χ0v) is 15.7. The number of nitrogens with zero attached hydrogens (tertiary/aromatic N) is 1. The van der Waals surface area contributed by atoms with Crippen LogP contribution in [0.1, 0.15) is 15.9 Å². The molecule has 2 N–H and O–H groups in total. The molecular weight excluding hydrogens is 405 g/mol. The number of phenolic OH excluding ortho intramolecular Hbond substituents is 1. The predicted molar refractivity (Wildman–Crippen MR) is 98.3 cm³/mol. The highest BCUT2D eigenvalue weighted by atomic mass is 19.2. The van der Waals surface area contributed by atoms with Crippen molar-refractivity contribution in [1.82, 2.24) is 10.2 Å². The lowest BCUT2D eigenvalue weighted by molar-refractivity contribution is -0.0264. The molecule has 0 spiro atoms. The predicted octanol–water partition coefficient (Wildman–Crippen LogP) is 2.58. The van der Waals surface area contributed by atoms with Crippen molar-refractivity contribution in [2.45, 2.75) is 12.7 Å². The van der Waals surface area contributed by atoms with Gasteiger partial charge in [0.25, 0.3) is 5.91 Å². The number of rotatable bonds is 5. The maximum Gasteiger partial charge on any atom is 0.410 e. The summed E-state index contributed by atoms with van der Waals surface area (Å²) in [5.74, 6) is -5.13. The number of carbonyl (C=O) groups is 2. The highest BCUT2D eigenvalue weighted by Gasteiger charge is 2.26. The third-order valence-corrected chi connectivity index (χ3v) is 4.47. The third kappa shape index (κ3) is 5.20. The molecule has 1 aliphatic rings. The lowest BCUT2D eigenvalue weighted by Crippen LogP contribution is -2.49. The van der Waals surface area contributed by atoms with Gasteiger partial charge in [-0.2, -0.15) is 4.39 Å². The van der Waals surface area contributed by atoms with Crippen molar-refractivity contribution in [3.05, 3.63) is 65.0 Å². The molecule has 2 aromatic carbocycles. The maximum atomic E-state index is 13.8. The number of morpholine rings is 1. The standard InChI is InChI=1S/C20H19F3N2O5/c21-13-3-1-12(2-4-13)11-30-20(28)25-7-8-29-14(10-25)9-24-19(27)15-5-6-16(26)18(23)17(15)22/h1-6,14,26H,7-11H2,(H,24,27)/t14-/m1/s1. The van der Waals surface area contributed by atoms with Gasteiger partial charge in [0.1, 0.15) is 12.4 Å². The van der Waals surface area contributed by atoms with Crippen molar-refractivity contribution < 1.29 is 37.3 Å². The molecule has 0 aromatic heterocycles. The first-order chi connectivity index (χ1) is 14.3. The summed E-state index contributed by atoms with van der Waals surface area (Å²) in [6, 6.07) is 7.38. The Kier molecular flexibility index (Phi) is 6.78. The zero-order chi connectivity index (χ0) is 21.7. The van der Waals surface area contributed by atoms with E-state index in [0.717, 1.165) is 12.1 Å². The van der Waals surface area contributed by atoms with E-state index in [9.17, 15) is 22.8 Å². The van der Waals surface area contributed by atoms with E-state index in [1.54, 1.807) is 0 Å². The molecule has 0 aliphatic carbocycles. The number of hydrogen-bond acceptors (Lipinski definition) is 5. The molecule has 10 heteroatoms. The monoisotopic (exact) mass is 424 g/mol. The zero-order valence-electron chi connectivity index (χ0n) is 15.7. The van der Waals surface area contributed by atoms with Gasteiger partial charge in [0.2, 0.25) is 5.82 Å². The van der Waals surface area contributed by atoms with E-state index in [4.69, 9.17) is 14.6 Å². The van der Waals surface area contributed by atoms with Crippen LogP contribution in [0.25, 0.3) is 0 Å². The molecule has 3 rings (SSSR count). The number of hydrogen-bond donors (Lipinski definition) is 2. The van der Waals surface area contributed by atoms with Crippen LogP contribution >= 0.6 is 0 Å². The van der Waals surface area contributed by atoms with Gasteiger partial charge in [-0.3, -0.25) is 4.79 Å². The van der Waals surface area contributed by atoms with Crippen LogP contribution in [-0.2, 0) is 16.1 Å². The topological polar surface area (TPSA) is 88.1 Å². The molecule has 0 radical (unpaired) electrons. The van der Waals surface area contributed by atoms with Crippen LogP contribution in [-0.4, -0.2) is 54.4 Å². The van der Waals surface area contributed by atoms with Crippen LogP contribution in [0, 0.1) is 17.5 Å². The second-order valence-electron chi connectivity index (χ2n) is 6.59.